The fourth-order valence-electron chi connectivity index (χ4n) is 2.00. The molecule has 0 saturated heterocycles. The molecular weight excluding hydrogens is 233 g/mol. The monoisotopic (exact) mass is 253 g/mol. The summed E-state index contributed by atoms with van der Waals surface area (Å²) >= 11 is 0.894. The zero-order chi connectivity index (χ0) is 13.4. The molecule has 0 bridgehead atoms. The SMILES string of the molecule is CCN(CC)CC([CH2][Na])C(CC(=O)O)C(=O)O. The van der Waals surface area contributed by atoms with Crippen molar-refractivity contribution in [2.75, 3.05) is 19.6 Å². The summed E-state index contributed by atoms with van der Waals surface area (Å²) in [5.74, 6) is -2.82. The summed E-state index contributed by atoms with van der Waals surface area (Å²) in [6.45, 7) is 6.48. The summed E-state index contributed by atoms with van der Waals surface area (Å²) in [5.41, 5.74) is 0. The second kappa shape index (κ2) is 8.91. The number of aliphatic carboxylic acids is 2. The van der Waals surface area contributed by atoms with E-state index in [4.69, 9.17) is 10.2 Å². The Labute approximate surface area is 120 Å². The molecule has 0 aliphatic carbocycles. The number of rotatable bonds is 9. The molecule has 0 fully saturated rings. The standard InChI is InChI=1S/C11H20NO4.Na/c1-4-12(5-2)7-8(3)9(11(15)16)6-10(13)14;/h8-9H,3-7H2,1-2H3,(H,13,14)(H,15,16);. The van der Waals surface area contributed by atoms with E-state index in [2.05, 4.69) is 4.90 Å². The van der Waals surface area contributed by atoms with Gasteiger partial charge < -0.3 is 0 Å². The Kier molecular flexibility index (Phi) is 8.86. The first-order valence-electron chi connectivity index (χ1n) is 6.13. The van der Waals surface area contributed by atoms with Crippen molar-refractivity contribution in [1.29, 1.82) is 0 Å². The molecule has 5 nitrogen and oxygen atoms in total. The number of nitrogens with zero attached hydrogens (tertiary/aromatic N) is 1. The first kappa shape index (κ1) is 16.9. The van der Waals surface area contributed by atoms with Gasteiger partial charge in [-0.25, -0.2) is 0 Å². The Morgan fingerprint density at radius 3 is 2.06 bits per heavy atom. The third-order valence-corrected chi connectivity index (χ3v) is 4.24. The third kappa shape index (κ3) is 6.41. The molecule has 2 unspecified atom stereocenters. The average molecular weight is 253 g/mol. The summed E-state index contributed by atoms with van der Waals surface area (Å²) in [7, 11) is 0. The summed E-state index contributed by atoms with van der Waals surface area (Å²) < 4.78 is 0.820. The maximum atomic E-state index is 11.1. The molecule has 0 spiro atoms. The van der Waals surface area contributed by atoms with Crippen LogP contribution >= 0.6 is 0 Å². The van der Waals surface area contributed by atoms with Crippen LogP contribution < -0.4 is 0 Å². The third-order valence-electron chi connectivity index (χ3n) is 3.19. The van der Waals surface area contributed by atoms with Crippen LogP contribution in [-0.2, 0) is 9.59 Å². The average Bonchev–Trinajstić information content (AvgIpc) is 2.28. The molecule has 0 aliphatic rings. The van der Waals surface area contributed by atoms with Gasteiger partial charge in [0.25, 0.3) is 0 Å². The quantitative estimate of drug-likeness (QED) is 0.592. The fraction of sp³-hybridized carbons (Fsp3) is 0.818. The molecule has 0 amide bonds. The van der Waals surface area contributed by atoms with Gasteiger partial charge in [0.2, 0.25) is 0 Å². The Bertz CT molecular complexity index is 256. The Balaban J connectivity index is 4.65. The molecule has 2 N–H and O–H groups in total. The van der Waals surface area contributed by atoms with E-state index in [9.17, 15) is 9.59 Å². The van der Waals surface area contributed by atoms with Gasteiger partial charge in [-0.3, -0.25) is 0 Å². The van der Waals surface area contributed by atoms with Gasteiger partial charge >= 0.3 is 120 Å². The number of hydrogen-bond donors (Lipinski definition) is 2. The van der Waals surface area contributed by atoms with Gasteiger partial charge in [-0.2, -0.15) is 0 Å². The van der Waals surface area contributed by atoms with E-state index in [0.717, 1.165) is 44.7 Å². The molecule has 0 rings (SSSR count). The van der Waals surface area contributed by atoms with Crippen molar-refractivity contribution in [3.8, 4) is 0 Å². The van der Waals surface area contributed by atoms with Crippen LogP contribution in [0.1, 0.15) is 20.3 Å². The number of carbonyl (C=O) groups is 2. The molecule has 94 valence electrons. The van der Waals surface area contributed by atoms with Gasteiger partial charge in [-0.05, 0) is 0 Å². The van der Waals surface area contributed by atoms with E-state index in [1.54, 1.807) is 0 Å². The molecule has 0 aliphatic heterocycles. The Morgan fingerprint density at radius 1 is 1.24 bits per heavy atom. The van der Waals surface area contributed by atoms with Crippen molar-refractivity contribution in [3.05, 3.63) is 0 Å². The summed E-state index contributed by atoms with van der Waals surface area (Å²) in [6, 6.07) is 0. The van der Waals surface area contributed by atoms with Gasteiger partial charge in [0.1, 0.15) is 0 Å². The maximum absolute atomic E-state index is 11.1. The molecule has 0 aromatic rings. The fourth-order valence-corrected chi connectivity index (χ4v) is 2.83. The number of carboxylic acid groups (broad SMARTS) is 2. The van der Waals surface area contributed by atoms with E-state index in [-0.39, 0.29) is 12.3 Å². The number of carboxylic acids is 2. The Hall–Kier alpha value is -0.100. The minimum absolute atomic E-state index is 0.0461. The van der Waals surface area contributed by atoms with E-state index >= 15 is 0 Å². The molecule has 0 saturated carbocycles. The van der Waals surface area contributed by atoms with Gasteiger partial charge in [-0.1, -0.05) is 0 Å². The molecule has 0 aromatic carbocycles. The summed E-state index contributed by atoms with van der Waals surface area (Å²) in [4.78, 5) is 24.0. The van der Waals surface area contributed by atoms with E-state index < -0.39 is 17.9 Å². The summed E-state index contributed by atoms with van der Waals surface area (Å²) in [6.07, 6.45) is -0.274. The first-order chi connectivity index (χ1) is 7.96. The van der Waals surface area contributed by atoms with Crippen molar-refractivity contribution >= 4 is 39.9 Å². The van der Waals surface area contributed by atoms with Gasteiger partial charge in [0, 0.05) is 0 Å². The molecular formula is C11H20NNaO4. The first-order valence-corrected chi connectivity index (χ1v) is 7.54. The predicted octanol–water partition coefficient (Wildman–Crippen LogP) is 0.707. The second-order valence-corrected chi connectivity index (χ2v) is 5.01. The molecule has 0 heterocycles. The topological polar surface area (TPSA) is 77.8 Å². The van der Waals surface area contributed by atoms with Crippen LogP contribution in [0.3, 0.4) is 0 Å². The van der Waals surface area contributed by atoms with Crippen molar-refractivity contribution in [3.63, 3.8) is 0 Å². The minimum atomic E-state index is -1.03. The van der Waals surface area contributed by atoms with E-state index in [1.807, 2.05) is 13.8 Å². The van der Waals surface area contributed by atoms with Crippen LogP contribution in [0, 0.1) is 11.8 Å². The van der Waals surface area contributed by atoms with Crippen LogP contribution in [0.25, 0.3) is 0 Å². The zero-order valence-electron chi connectivity index (χ0n) is 10.8. The van der Waals surface area contributed by atoms with Crippen LogP contribution in [-0.4, -0.2) is 74.6 Å². The van der Waals surface area contributed by atoms with Crippen LogP contribution in [0.5, 0.6) is 0 Å². The van der Waals surface area contributed by atoms with Crippen molar-refractivity contribution in [1.82, 2.24) is 4.90 Å². The van der Waals surface area contributed by atoms with Crippen LogP contribution in [0.2, 0.25) is 3.67 Å². The second-order valence-electron chi connectivity index (χ2n) is 4.20. The molecule has 0 radical (unpaired) electrons. The normalized spacial score (nSPS) is 14.6. The van der Waals surface area contributed by atoms with Crippen molar-refractivity contribution in [2.24, 2.45) is 11.8 Å². The van der Waals surface area contributed by atoms with E-state index in [0.29, 0.717) is 6.54 Å². The van der Waals surface area contributed by atoms with Crippen molar-refractivity contribution < 1.29 is 19.8 Å². The van der Waals surface area contributed by atoms with E-state index in [1.165, 1.54) is 0 Å². The Morgan fingerprint density at radius 2 is 1.76 bits per heavy atom. The zero-order valence-corrected chi connectivity index (χ0v) is 12.8. The number of hydrogen-bond acceptors (Lipinski definition) is 3. The van der Waals surface area contributed by atoms with Gasteiger partial charge in [0.15, 0.2) is 0 Å². The predicted molar refractivity (Wildman–Crippen MR) is 65.2 cm³/mol. The molecule has 17 heavy (non-hydrogen) atoms. The van der Waals surface area contributed by atoms with Gasteiger partial charge in [0.05, 0.1) is 0 Å². The van der Waals surface area contributed by atoms with Crippen molar-refractivity contribution in [2.45, 2.75) is 23.9 Å². The molecule has 2 atom stereocenters. The van der Waals surface area contributed by atoms with Gasteiger partial charge in [-0.15, -0.1) is 0 Å². The van der Waals surface area contributed by atoms with Crippen LogP contribution in [0.4, 0.5) is 0 Å². The van der Waals surface area contributed by atoms with Crippen LogP contribution in [0.15, 0.2) is 0 Å². The molecule has 6 heteroatoms. The summed E-state index contributed by atoms with van der Waals surface area (Å²) in [5, 5.41) is 17.9. The molecule has 0 aromatic heterocycles.